The second-order valence-corrected chi connectivity index (χ2v) is 11.9. The first kappa shape index (κ1) is 34.3. The Morgan fingerprint density at radius 1 is 0.956 bits per heavy atom. The van der Waals surface area contributed by atoms with Crippen LogP contribution < -0.4 is 10.6 Å². The number of hydrogen-bond acceptors (Lipinski definition) is 7. The monoisotopic (exact) mass is 617 g/mol. The Morgan fingerprint density at radius 3 is 2.42 bits per heavy atom. The number of amides is 2. The van der Waals surface area contributed by atoms with Crippen LogP contribution in [0.5, 0.6) is 0 Å². The molecule has 4 N–H and O–H groups in total. The van der Waals surface area contributed by atoms with Crippen LogP contribution in [0.2, 0.25) is 0 Å². The fourth-order valence-corrected chi connectivity index (χ4v) is 5.53. The van der Waals surface area contributed by atoms with Crippen LogP contribution in [-0.4, -0.2) is 59.2 Å². The highest BCUT2D eigenvalue weighted by molar-refractivity contribution is 5.90. The van der Waals surface area contributed by atoms with Crippen molar-refractivity contribution in [3.05, 3.63) is 101 Å². The maximum atomic E-state index is 12.6. The lowest BCUT2D eigenvalue weighted by atomic mass is 9.98. The van der Waals surface area contributed by atoms with Crippen molar-refractivity contribution in [1.82, 2.24) is 10.2 Å². The number of aliphatic hydroxyl groups excluding tert-OH is 2. The van der Waals surface area contributed by atoms with Gasteiger partial charge in [-0.15, -0.1) is 0 Å². The zero-order chi connectivity index (χ0) is 32.2. The second-order valence-electron chi connectivity index (χ2n) is 11.9. The van der Waals surface area contributed by atoms with Crippen molar-refractivity contribution in [3.63, 3.8) is 0 Å². The van der Waals surface area contributed by atoms with E-state index in [2.05, 4.69) is 15.5 Å². The number of benzene rings is 3. The smallest absolute Gasteiger partial charge is 0.224 e. The topological polar surface area (TPSA) is 120 Å². The Balaban J connectivity index is 1.43. The SMILES string of the molecule is CC(=O)NCCCCCC(=O)Nc1cccc(C2OC(CN(C)C(C)C(O)c3ccccc3)CC(c3ccc(CO)cc3)O2)c1. The first-order valence-corrected chi connectivity index (χ1v) is 15.8. The summed E-state index contributed by atoms with van der Waals surface area (Å²) in [5.41, 5.74) is 4.16. The quantitative estimate of drug-likeness (QED) is 0.168. The summed E-state index contributed by atoms with van der Waals surface area (Å²) in [4.78, 5) is 25.7. The summed E-state index contributed by atoms with van der Waals surface area (Å²) in [7, 11) is 1.99. The molecule has 45 heavy (non-hydrogen) atoms. The minimum absolute atomic E-state index is 0.0256. The van der Waals surface area contributed by atoms with Gasteiger partial charge in [0.15, 0.2) is 6.29 Å². The third kappa shape index (κ3) is 10.5. The first-order valence-electron chi connectivity index (χ1n) is 15.8. The standard InChI is InChI=1S/C36H47N3O6/c1-25(35(43)29-11-6-4-7-12-29)39(3)23-32-22-33(28-18-16-27(24-40)17-19-28)45-36(44-32)30-13-10-14-31(21-30)38-34(42)15-8-5-9-20-37-26(2)41/h4,6-7,10-14,16-19,21,25,32-33,35-36,40,43H,5,8-9,15,20,22-24H2,1-3H3,(H,37,41)(H,38,42). The van der Waals surface area contributed by atoms with E-state index in [4.69, 9.17) is 9.47 Å². The number of rotatable bonds is 15. The maximum absolute atomic E-state index is 12.6. The number of hydrogen-bond donors (Lipinski definition) is 4. The fraction of sp³-hybridized carbons (Fsp3) is 0.444. The Kier molecular flexibility index (Phi) is 13.1. The summed E-state index contributed by atoms with van der Waals surface area (Å²) >= 11 is 0. The van der Waals surface area contributed by atoms with Gasteiger partial charge in [-0.25, -0.2) is 0 Å². The van der Waals surface area contributed by atoms with Crippen LogP contribution in [0.4, 0.5) is 5.69 Å². The zero-order valence-corrected chi connectivity index (χ0v) is 26.5. The molecule has 4 rings (SSSR count). The van der Waals surface area contributed by atoms with Crippen molar-refractivity contribution < 1.29 is 29.3 Å². The van der Waals surface area contributed by atoms with Crippen molar-refractivity contribution in [3.8, 4) is 0 Å². The summed E-state index contributed by atoms with van der Waals surface area (Å²) in [6.07, 6.45) is 1.68. The van der Waals surface area contributed by atoms with E-state index >= 15 is 0 Å². The largest absolute Gasteiger partial charge is 0.392 e. The maximum Gasteiger partial charge on any atom is 0.224 e. The third-order valence-corrected chi connectivity index (χ3v) is 8.30. The molecular formula is C36H47N3O6. The number of nitrogens with zero attached hydrogens (tertiary/aromatic N) is 1. The minimum Gasteiger partial charge on any atom is -0.392 e. The van der Waals surface area contributed by atoms with Gasteiger partial charge in [-0.05, 0) is 55.6 Å². The van der Waals surface area contributed by atoms with Crippen LogP contribution in [0.3, 0.4) is 0 Å². The highest BCUT2D eigenvalue weighted by Crippen LogP contribution is 2.39. The highest BCUT2D eigenvalue weighted by atomic mass is 16.7. The molecule has 1 saturated heterocycles. The lowest BCUT2D eigenvalue weighted by Crippen LogP contribution is -2.43. The predicted molar refractivity (Wildman–Crippen MR) is 174 cm³/mol. The molecule has 9 heteroatoms. The molecule has 9 nitrogen and oxygen atoms in total. The van der Waals surface area contributed by atoms with Crippen molar-refractivity contribution in [2.24, 2.45) is 0 Å². The van der Waals surface area contributed by atoms with Crippen LogP contribution in [0.15, 0.2) is 78.9 Å². The van der Waals surface area contributed by atoms with E-state index in [1.807, 2.05) is 92.8 Å². The van der Waals surface area contributed by atoms with Crippen molar-refractivity contribution in [2.75, 3.05) is 25.5 Å². The van der Waals surface area contributed by atoms with Crippen molar-refractivity contribution >= 4 is 17.5 Å². The van der Waals surface area contributed by atoms with E-state index in [9.17, 15) is 19.8 Å². The molecule has 5 unspecified atom stereocenters. The van der Waals surface area contributed by atoms with E-state index in [0.717, 1.165) is 41.5 Å². The summed E-state index contributed by atoms with van der Waals surface area (Å²) in [6.45, 7) is 4.68. The normalized spacial score (nSPS) is 19.6. The summed E-state index contributed by atoms with van der Waals surface area (Å²) in [5, 5.41) is 26.3. The Hall–Kier alpha value is -3.60. The lowest BCUT2D eigenvalue weighted by molar-refractivity contribution is -0.253. The molecule has 0 radical (unpaired) electrons. The van der Waals surface area contributed by atoms with E-state index in [1.54, 1.807) is 0 Å². The molecule has 242 valence electrons. The molecule has 1 aliphatic heterocycles. The number of nitrogens with one attached hydrogen (secondary N) is 2. The Bertz CT molecular complexity index is 1350. The Morgan fingerprint density at radius 2 is 1.71 bits per heavy atom. The fourth-order valence-electron chi connectivity index (χ4n) is 5.53. The molecule has 0 spiro atoms. The second kappa shape index (κ2) is 17.2. The van der Waals surface area contributed by atoms with Crippen LogP contribution in [-0.2, 0) is 25.7 Å². The van der Waals surface area contributed by atoms with Gasteiger partial charge in [0.2, 0.25) is 11.8 Å². The highest BCUT2D eigenvalue weighted by Gasteiger charge is 2.34. The number of anilines is 1. The van der Waals surface area contributed by atoms with Gasteiger partial charge in [-0.2, -0.15) is 0 Å². The van der Waals surface area contributed by atoms with Crippen molar-refractivity contribution in [2.45, 2.75) is 83.2 Å². The van der Waals surface area contributed by atoms with Gasteiger partial charge in [0.1, 0.15) is 0 Å². The van der Waals surface area contributed by atoms with Gasteiger partial charge in [-0.1, -0.05) is 73.2 Å². The number of aliphatic hydroxyl groups is 2. The molecule has 1 aliphatic rings. The van der Waals surface area contributed by atoms with Gasteiger partial charge >= 0.3 is 0 Å². The number of likely N-dealkylation sites (N-methyl/N-ethyl adjacent to an activating group) is 1. The van der Waals surface area contributed by atoms with E-state index in [-0.39, 0.29) is 36.7 Å². The van der Waals surface area contributed by atoms with Crippen LogP contribution in [0.25, 0.3) is 0 Å². The molecule has 1 fully saturated rings. The molecule has 3 aromatic carbocycles. The Labute approximate surface area is 266 Å². The molecule has 0 aromatic heterocycles. The average Bonchev–Trinajstić information content (AvgIpc) is 3.06. The number of carbonyl (C=O) groups is 2. The van der Waals surface area contributed by atoms with Gasteiger partial charge in [-0.3, -0.25) is 14.5 Å². The average molecular weight is 618 g/mol. The van der Waals surface area contributed by atoms with Crippen LogP contribution >= 0.6 is 0 Å². The number of unbranched alkanes of at least 4 members (excludes halogenated alkanes) is 2. The van der Waals surface area contributed by atoms with Gasteiger partial charge in [0, 0.05) is 50.1 Å². The lowest BCUT2D eigenvalue weighted by Gasteiger charge is -2.39. The van der Waals surface area contributed by atoms with E-state index < -0.39 is 12.4 Å². The molecule has 0 saturated carbocycles. The zero-order valence-electron chi connectivity index (χ0n) is 26.5. The molecule has 1 heterocycles. The third-order valence-electron chi connectivity index (χ3n) is 8.30. The number of carbonyl (C=O) groups excluding carboxylic acids is 2. The van der Waals surface area contributed by atoms with Crippen molar-refractivity contribution in [1.29, 1.82) is 0 Å². The van der Waals surface area contributed by atoms with Crippen LogP contribution in [0.1, 0.15) is 86.7 Å². The summed E-state index contributed by atoms with van der Waals surface area (Å²) in [6, 6.07) is 24.8. The minimum atomic E-state index is -0.667. The van der Waals surface area contributed by atoms with E-state index in [0.29, 0.717) is 31.6 Å². The molecular weight excluding hydrogens is 570 g/mol. The van der Waals surface area contributed by atoms with E-state index in [1.165, 1.54) is 6.92 Å². The molecule has 2 amide bonds. The van der Waals surface area contributed by atoms with Gasteiger partial charge in [0.25, 0.3) is 0 Å². The number of ether oxygens (including phenoxy) is 2. The van der Waals surface area contributed by atoms with Gasteiger partial charge in [0.05, 0.1) is 24.9 Å². The summed E-state index contributed by atoms with van der Waals surface area (Å²) in [5.74, 6) is -0.108. The molecule has 0 aliphatic carbocycles. The van der Waals surface area contributed by atoms with Crippen LogP contribution in [0, 0.1) is 0 Å². The summed E-state index contributed by atoms with van der Waals surface area (Å²) < 4.78 is 13.0. The van der Waals surface area contributed by atoms with Gasteiger partial charge < -0.3 is 30.3 Å². The molecule has 0 bridgehead atoms. The molecule has 3 aromatic rings. The molecule has 5 atom stereocenters. The first-order chi connectivity index (χ1) is 21.7. The predicted octanol–water partition coefficient (Wildman–Crippen LogP) is 5.41.